The smallest absolute Gasteiger partial charge is 0.166 e. The van der Waals surface area contributed by atoms with E-state index in [2.05, 4.69) is 25.3 Å². The molecule has 4 nitrogen and oxygen atoms in total. The molecule has 4 heteroatoms. The van der Waals surface area contributed by atoms with Crippen molar-refractivity contribution in [3.05, 3.63) is 35.4 Å². The molecule has 1 aromatic rings. The van der Waals surface area contributed by atoms with Crippen LogP contribution in [0.4, 0.5) is 0 Å². The van der Waals surface area contributed by atoms with Crippen LogP contribution in [0.2, 0.25) is 0 Å². The van der Waals surface area contributed by atoms with Crippen LogP contribution in [0.25, 0.3) is 0 Å². The highest BCUT2D eigenvalue weighted by molar-refractivity contribution is 5.60. The van der Waals surface area contributed by atoms with Crippen molar-refractivity contribution in [3.63, 3.8) is 0 Å². The van der Waals surface area contributed by atoms with Gasteiger partial charge in [0.05, 0.1) is 38.8 Å². The minimum Gasteiger partial charge on any atom is -0.493 e. The van der Waals surface area contributed by atoms with Gasteiger partial charge in [-0.25, -0.2) is 0 Å². The number of benzene rings is 1. The Hall–Kier alpha value is -1.52. The number of aliphatic hydroxyl groups excluding tert-OH is 1. The molecule has 2 heterocycles. The third kappa shape index (κ3) is 2.34. The van der Waals surface area contributed by atoms with Crippen LogP contribution in [0.1, 0.15) is 36.8 Å². The van der Waals surface area contributed by atoms with Crippen molar-refractivity contribution in [2.75, 3.05) is 27.2 Å². The lowest BCUT2D eigenvalue weighted by Gasteiger charge is -2.37. The van der Waals surface area contributed by atoms with Gasteiger partial charge in [0.25, 0.3) is 0 Å². The van der Waals surface area contributed by atoms with Gasteiger partial charge in [-0.3, -0.25) is 0 Å². The standard InChI is InChI=1S/C21H28NO3/c1-22(12-14-3-4-14)10-9-21-8-7-16(23)11-18(21)25-20-17(24-2)6-5-15(13-22)19(20)21/h5-8,14,16,18,23H,3-4,9-13H2,1-2H3/q+1/t16-,18-,21-,22?/m0/s1. The number of nitrogens with zero attached hydrogens (tertiary/aromatic N) is 1. The zero-order valence-corrected chi connectivity index (χ0v) is 15.2. The molecule has 1 fully saturated rings. The quantitative estimate of drug-likeness (QED) is 0.678. The lowest BCUT2D eigenvalue weighted by molar-refractivity contribution is -0.924. The average molecular weight is 342 g/mol. The van der Waals surface area contributed by atoms with Crippen molar-refractivity contribution < 1.29 is 19.1 Å². The molecule has 1 aromatic carbocycles. The summed E-state index contributed by atoms with van der Waals surface area (Å²) in [5.41, 5.74) is 2.63. The molecule has 0 radical (unpaired) electrons. The van der Waals surface area contributed by atoms with Crippen LogP contribution in [0.3, 0.4) is 0 Å². The molecule has 0 aromatic heterocycles. The first-order valence-electron chi connectivity index (χ1n) is 9.61. The summed E-state index contributed by atoms with van der Waals surface area (Å²) in [6.45, 7) is 3.51. The SMILES string of the molecule is COc1ccc2c3c1O[C@H]1C[C@@H](O)C=C[C@@]31CC[N+](C)(CC1CC1)C2. The van der Waals surface area contributed by atoms with Crippen molar-refractivity contribution >= 4 is 0 Å². The number of quaternary nitrogens is 1. The fourth-order valence-electron chi connectivity index (χ4n) is 5.36. The summed E-state index contributed by atoms with van der Waals surface area (Å²) in [5.74, 6) is 2.66. The van der Waals surface area contributed by atoms with Gasteiger partial charge in [0.1, 0.15) is 12.6 Å². The number of ether oxygens (including phenoxy) is 2. The van der Waals surface area contributed by atoms with Crippen LogP contribution >= 0.6 is 0 Å². The highest BCUT2D eigenvalue weighted by Gasteiger charge is 2.55. The van der Waals surface area contributed by atoms with E-state index in [0.29, 0.717) is 6.42 Å². The first-order chi connectivity index (χ1) is 12.0. The topological polar surface area (TPSA) is 38.7 Å². The van der Waals surface area contributed by atoms with E-state index in [4.69, 9.17) is 9.47 Å². The van der Waals surface area contributed by atoms with E-state index < -0.39 is 6.10 Å². The van der Waals surface area contributed by atoms with Gasteiger partial charge in [-0.15, -0.1) is 0 Å². The molecule has 4 atom stereocenters. The van der Waals surface area contributed by atoms with E-state index >= 15 is 0 Å². The van der Waals surface area contributed by atoms with Crippen molar-refractivity contribution in [2.45, 2.75) is 49.9 Å². The van der Waals surface area contributed by atoms with Gasteiger partial charge >= 0.3 is 0 Å². The second-order valence-corrected chi connectivity index (χ2v) is 8.82. The second kappa shape index (κ2) is 5.24. The Morgan fingerprint density at radius 3 is 2.96 bits per heavy atom. The maximum Gasteiger partial charge on any atom is 0.166 e. The summed E-state index contributed by atoms with van der Waals surface area (Å²) in [6, 6.07) is 4.31. The Morgan fingerprint density at radius 2 is 2.20 bits per heavy atom. The van der Waals surface area contributed by atoms with E-state index in [1.165, 1.54) is 30.5 Å². The highest BCUT2D eigenvalue weighted by Crippen LogP contribution is 2.56. The Kier molecular flexibility index (Phi) is 3.29. The molecule has 0 saturated heterocycles. The molecule has 5 rings (SSSR count). The Morgan fingerprint density at radius 1 is 1.36 bits per heavy atom. The molecule has 1 unspecified atom stereocenters. The fourth-order valence-corrected chi connectivity index (χ4v) is 5.36. The van der Waals surface area contributed by atoms with E-state index in [0.717, 1.165) is 41.4 Å². The van der Waals surface area contributed by atoms with Crippen molar-refractivity contribution in [3.8, 4) is 11.5 Å². The maximum absolute atomic E-state index is 10.2. The minimum atomic E-state index is -0.407. The number of methoxy groups -OCH3 is 1. The van der Waals surface area contributed by atoms with Crippen molar-refractivity contribution in [1.82, 2.24) is 0 Å². The van der Waals surface area contributed by atoms with Gasteiger partial charge in [0.2, 0.25) is 0 Å². The van der Waals surface area contributed by atoms with E-state index in [1.54, 1.807) is 7.11 Å². The average Bonchev–Trinajstić information content (AvgIpc) is 3.33. The monoisotopic (exact) mass is 342 g/mol. The zero-order valence-electron chi connectivity index (χ0n) is 15.2. The van der Waals surface area contributed by atoms with Crippen LogP contribution in [0.15, 0.2) is 24.3 Å². The lowest BCUT2D eigenvalue weighted by atomic mass is 9.69. The molecular weight excluding hydrogens is 314 g/mol. The number of aliphatic hydroxyl groups is 1. The van der Waals surface area contributed by atoms with Gasteiger partial charge in [-0.1, -0.05) is 12.2 Å². The number of rotatable bonds is 3. The van der Waals surface area contributed by atoms with Crippen LogP contribution < -0.4 is 9.47 Å². The Labute approximate surface area is 149 Å². The van der Waals surface area contributed by atoms with Gasteiger partial charge in [0.15, 0.2) is 11.5 Å². The molecule has 134 valence electrons. The molecular formula is C21H28NO3+. The third-order valence-electron chi connectivity index (χ3n) is 6.81. The normalized spacial score (nSPS) is 38.5. The van der Waals surface area contributed by atoms with Crippen molar-refractivity contribution in [1.29, 1.82) is 0 Å². The number of hydrogen-bond donors (Lipinski definition) is 1. The molecule has 25 heavy (non-hydrogen) atoms. The van der Waals surface area contributed by atoms with Crippen LogP contribution in [-0.4, -0.2) is 49.0 Å². The van der Waals surface area contributed by atoms with Gasteiger partial charge < -0.3 is 19.1 Å². The summed E-state index contributed by atoms with van der Waals surface area (Å²) >= 11 is 0. The van der Waals surface area contributed by atoms with Crippen molar-refractivity contribution in [2.24, 2.45) is 5.92 Å². The molecule has 1 N–H and O–H groups in total. The Balaban J connectivity index is 1.65. The maximum atomic E-state index is 10.2. The molecule has 4 aliphatic rings. The van der Waals surface area contributed by atoms with E-state index in [1.807, 2.05) is 6.08 Å². The van der Waals surface area contributed by atoms with Gasteiger partial charge in [0, 0.05) is 29.9 Å². The van der Waals surface area contributed by atoms with Crippen LogP contribution in [0, 0.1) is 5.92 Å². The van der Waals surface area contributed by atoms with E-state index in [-0.39, 0.29) is 11.5 Å². The fraction of sp³-hybridized carbons (Fsp3) is 0.619. The molecule has 1 spiro atoms. The zero-order chi connectivity index (χ0) is 17.2. The summed E-state index contributed by atoms with van der Waals surface area (Å²) in [6.07, 6.45) is 8.38. The minimum absolute atomic E-state index is 0.0185. The van der Waals surface area contributed by atoms with Gasteiger partial charge in [-0.2, -0.15) is 0 Å². The molecule has 2 aliphatic heterocycles. The summed E-state index contributed by atoms with van der Waals surface area (Å²) in [5, 5.41) is 10.2. The second-order valence-electron chi connectivity index (χ2n) is 8.82. The molecule has 1 saturated carbocycles. The van der Waals surface area contributed by atoms with E-state index in [9.17, 15) is 5.11 Å². The molecule has 0 bridgehead atoms. The summed E-state index contributed by atoms with van der Waals surface area (Å²) < 4.78 is 13.1. The van der Waals surface area contributed by atoms with Crippen LogP contribution in [-0.2, 0) is 12.0 Å². The largest absolute Gasteiger partial charge is 0.493 e. The number of hydrogen-bond acceptors (Lipinski definition) is 3. The van der Waals surface area contributed by atoms with Crippen LogP contribution in [0.5, 0.6) is 11.5 Å². The summed E-state index contributed by atoms with van der Waals surface area (Å²) in [4.78, 5) is 0. The first-order valence-corrected chi connectivity index (χ1v) is 9.61. The third-order valence-corrected chi connectivity index (χ3v) is 6.81. The predicted octanol–water partition coefficient (Wildman–Crippen LogP) is 2.78. The van der Waals surface area contributed by atoms with Gasteiger partial charge in [-0.05, 0) is 25.0 Å². The first kappa shape index (κ1) is 15.7. The lowest BCUT2D eigenvalue weighted by Crippen LogP contribution is -2.47. The predicted molar refractivity (Wildman–Crippen MR) is 95.8 cm³/mol. The summed E-state index contributed by atoms with van der Waals surface area (Å²) in [7, 11) is 4.13. The molecule has 0 amide bonds. The molecule has 2 aliphatic carbocycles. The highest BCUT2D eigenvalue weighted by atomic mass is 16.5. The Bertz CT molecular complexity index is 741.